The molecule has 1 aromatic carbocycles. The number of ether oxygens (including phenoxy) is 2. The summed E-state index contributed by atoms with van der Waals surface area (Å²) in [5.41, 5.74) is 1.10. The molecule has 0 fully saturated rings. The molecule has 0 spiro atoms. The highest BCUT2D eigenvalue weighted by Gasteiger charge is 2.25. The van der Waals surface area contributed by atoms with Gasteiger partial charge in [0.15, 0.2) is 0 Å². The van der Waals surface area contributed by atoms with E-state index in [0.717, 1.165) is 24.2 Å². The first-order valence-corrected chi connectivity index (χ1v) is 7.47. The van der Waals surface area contributed by atoms with Gasteiger partial charge in [0.2, 0.25) is 5.91 Å². The summed E-state index contributed by atoms with van der Waals surface area (Å²) < 4.78 is 10.9. The third kappa shape index (κ3) is 4.39. The Kier molecular flexibility index (Phi) is 6.15. The number of benzene rings is 1. The van der Waals surface area contributed by atoms with E-state index < -0.39 is 0 Å². The van der Waals surface area contributed by atoms with E-state index in [0.29, 0.717) is 32.2 Å². The van der Waals surface area contributed by atoms with Crippen molar-refractivity contribution in [2.45, 2.75) is 12.8 Å². The number of carbonyl (C=O) groups excluding carboxylic acids is 1. The zero-order chi connectivity index (χ0) is 14.2. The molecule has 1 amide bonds. The average Bonchev–Trinajstić information content (AvgIpc) is 2.50. The number of carbonyl (C=O) groups is 1. The maximum Gasteiger partial charge on any atom is 0.226 e. The molecular formula is C15H20ClNO3. The lowest BCUT2D eigenvalue weighted by molar-refractivity contribution is -0.126. The first-order valence-electron chi connectivity index (χ1n) is 6.93. The van der Waals surface area contributed by atoms with Crippen LogP contribution in [0.15, 0.2) is 24.3 Å². The van der Waals surface area contributed by atoms with Crippen molar-refractivity contribution < 1.29 is 14.3 Å². The highest BCUT2D eigenvalue weighted by molar-refractivity contribution is 6.17. The molecule has 2 rings (SSSR count). The van der Waals surface area contributed by atoms with E-state index in [1.807, 2.05) is 24.3 Å². The van der Waals surface area contributed by atoms with Crippen molar-refractivity contribution in [1.82, 2.24) is 5.32 Å². The molecule has 1 N–H and O–H groups in total. The monoisotopic (exact) mass is 297 g/mol. The smallest absolute Gasteiger partial charge is 0.226 e. The Balaban J connectivity index is 1.69. The molecule has 4 nitrogen and oxygen atoms in total. The molecule has 1 heterocycles. The second-order valence-corrected chi connectivity index (χ2v) is 5.14. The van der Waals surface area contributed by atoms with Crippen LogP contribution in [0.2, 0.25) is 0 Å². The molecule has 1 aromatic rings. The van der Waals surface area contributed by atoms with Crippen molar-refractivity contribution in [2.24, 2.45) is 5.92 Å². The van der Waals surface area contributed by atoms with E-state index in [2.05, 4.69) is 5.32 Å². The lowest BCUT2D eigenvalue weighted by Crippen LogP contribution is -2.38. The normalized spacial score (nSPS) is 17.1. The fraction of sp³-hybridized carbons (Fsp3) is 0.533. The molecule has 0 aromatic heterocycles. The molecule has 0 saturated heterocycles. The predicted molar refractivity (Wildman–Crippen MR) is 78.3 cm³/mol. The fourth-order valence-corrected chi connectivity index (χ4v) is 2.29. The minimum atomic E-state index is -0.103. The number of para-hydroxylation sites is 1. The molecule has 1 unspecified atom stereocenters. The lowest BCUT2D eigenvalue weighted by atomic mass is 9.96. The van der Waals surface area contributed by atoms with Crippen LogP contribution >= 0.6 is 11.6 Å². The van der Waals surface area contributed by atoms with Crippen LogP contribution in [0, 0.1) is 5.92 Å². The standard InChI is InChI=1S/C15H20ClNO3/c16-6-9-19-8-3-7-17-15(18)13-10-12-4-1-2-5-14(12)20-11-13/h1-2,4-5,13H,3,6-11H2,(H,17,18). The average molecular weight is 298 g/mol. The minimum absolute atomic E-state index is 0.0526. The van der Waals surface area contributed by atoms with Crippen LogP contribution in [0.25, 0.3) is 0 Å². The molecule has 1 atom stereocenters. The Morgan fingerprint density at radius 1 is 1.40 bits per heavy atom. The highest BCUT2D eigenvalue weighted by atomic mass is 35.5. The number of rotatable bonds is 7. The van der Waals surface area contributed by atoms with Gasteiger partial charge in [0, 0.05) is 19.0 Å². The lowest BCUT2D eigenvalue weighted by Gasteiger charge is -2.24. The summed E-state index contributed by atoms with van der Waals surface area (Å²) in [4.78, 5) is 12.0. The molecular weight excluding hydrogens is 278 g/mol. The van der Waals surface area contributed by atoms with Crippen molar-refractivity contribution in [1.29, 1.82) is 0 Å². The predicted octanol–water partition coefficient (Wildman–Crippen LogP) is 2.00. The van der Waals surface area contributed by atoms with E-state index in [-0.39, 0.29) is 11.8 Å². The number of fused-ring (bicyclic) bond motifs is 1. The van der Waals surface area contributed by atoms with Gasteiger partial charge >= 0.3 is 0 Å². The van der Waals surface area contributed by atoms with E-state index in [9.17, 15) is 4.79 Å². The Morgan fingerprint density at radius 2 is 2.25 bits per heavy atom. The van der Waals surface area contributed by atoms with Crippen molar-refractivity contribution in [2.75, 3.05) is 32.2 Å². The number of alkyl halides is 1. The summed E-state index contributed by atoms with van der Waals surface area (Å²) >= 11 is 5.50. The van der Waals surface area contributed by atoms with Gasteiger partial charge in [0.05, 0.1) is 12.5 Å². The molecule has 0 radical (unpaired) electrons. The second kappa shape index (κ2) is 8.12. The molecule has 1 aliphatic heterocycles. The van der Waals surface area contributed by atoms with Crippen LogP contribution in [0.5, 0.6) is 5.75 Å². The van der Waals surface area contributed by atoms with Crippen LogP contribution in [-0.4, -0.2) is 38.2 Å². The number of hydrogen-bond donors (Lipinski definition) is 1. The quantitative estimate of drug-likeness (QED) is 0.618. The van der Waals surface area contributed by atoms with Gasteiger partial charge in [-0.1, -0.05) is 18.2 Å². The Bertz CT molecular complexity index is 439. The Labute approximate surface area is 124 Å². The summed E-state index contributed by atoms with van der Waals surface area (Å²) in [6, 6.07) is 7.86. The van der Waals surface area contributed by atoms with E-state index in [1.165, 1.54) is 0 Å². The largest absolute Gasteiger partial charge is 0.492 e. The first-order chi connectivity index (χ1) is 9.81. The van der Waals surface area contributed by atoms with E-state index >= 15 is 0 Å². The summed E-state index contributed by atoms with van der Waals surface area (Å²) in [6.45, 7) is 2.25. The Morgan fingerprint density at radius 3 is 3.10 bits per heavy atom. The van der Waals surface area contributed by atoms with E-state index in [1.54, 1.807) is 0 Å². The number of nitrogens with one attached hydrogen (secondary N) is 1. The van der Waals surface area contributed by atoms with Crippen LogP contribution < -0.4 is 10.1 Å². The van der Waals surface area contributed by atoms with Crippen molar-refractivity contribution in [3.05, 3.63) is 29.8 Å². The maximum absolute atomic E-state index is 12.0. The molecule has 0 bridgehead atoms. The third-order valence-electron chi connectivity index (χ3n) is 3.24. The van der Waals surface area contributed by atoms with Gasteiger partial charge in [-0.15, -0.1) is 11.6 Å². The minimum Gasteiger partial charge on any atom is -0.492 e. The summed E-state index contributed by atoms with van der Waals surface area (Å²) in [5, 5.41) is 2.93. The SMILES string of the molecule is O=C(NCCCOCCCl)C1COc2ccccc2C1. The zero-order valence-electron chi connectivity index (χ0n) is 11.4. The van der Waals surface area contributed by atoms with Gasteiger partial charge in [-0.05, 0) is 24.5 Å². The summed E-state index contributed by atoms with van der Waals surface area (Å²) in [5.74, 6) is 1.35. The van der Waals surface area contributed by atoms with Gasteiger partial charge in [0.25, 0.3) is 0 Å². The molecule has 0 aliphatic carbocycles. The zero-order valence-corrected chi connectivity index (χ0v) is 12.2. The van der Waals surface area contributed by atoms with Crippen molar-refractivity contribution in [3.63, 3.8) is 0 Å². The number of hydrogen-bond acceptors (Lipinski definition) is 3. The topological polar surface area (TPSA) is 47.6 Å². The van der Waals surface area contributed by atoms with Crippen LogP contribution in [0.4, 0.5) is 0 Å². The summed E-state index contributed by atoms with van der Waals surface area (Å²) in [6.07, 6.45) is 1.54. The molecule has 1 aliphatic rings. The molecule has 5 heteroatoms. The fourth-order valence-electron chi connectivity index (χ4n) is 2.18. The van der Waals surface area contributed by atoms with Crippen LogP contribution in [0.1, 0.15) is 12.0 Å². The second-order valence-electron chi connectivity index (χ2n) is 4.77. The van der Waals surface area contributed by atoms with Gasteiger partial charge in [0.1, 0.15) is 12.4 Å². The van der Waals surface area contributed by atoms with E-state index in [4.69, 9.17) is 21.1 Å². The van der Waals surface area contributed by atoms with Gasteiger partial charge in [-0.25, -0.2) is 0 Å². The highest BCUT2D eigenvalue weighted by Crippen LogP contribution is 2.26. The van der Waals surface area contributed by atoms with Gasteiger partial charge in [-0.2, -0.15) is 0 Å². The first kappa shape index (κ1) is 15.1. The van der Waals surface area contributed by atoms with Gasteiger partial charge in [-0.3, -0.25) is 4.79 Å². The van der Waals surface area contributed by atoms with Crippen molar-refractivity contribution in [3.8, 4) is 5.75 Å². The molecule has 0 saturated carbocycles. The van der Waals surface area contributed by atoms with Crippen LogP contribution in [-0.2, 0) is 16.0 Å². The molecule has 20 heavy (non-hydrogen) atoms. The number of amides is 1. The third-order valence-corrected chi connectivity index (χ3v) is 3.39. The van der Waals surface area contributed by atoms with Crippen LogP contribution in [0.3, 0.4) is 0 Å². The van der Waals surface area contributed by atoms with Crippen molar-refractivity contribution >= 4 is 17.5 Å². The maximum atomic E-state index is 12.0. The van der Waals surface area contributed by atoms with Gasteiger partial charge < -0.3 is 14.8 Å². The Hall–Kier alpha value is -1.26. The number of halogens is 1. The molecule has 110 valence electrons. The summed E-state index contributed by atoms with van der Waals surface area (Å²) in [7, 11) is 0.